The van der Waals surface area contributed by atoms with Gasteiger partial charge in [0, 0.05) is 32.4 Å². The first-order valence-electron chi connectivity index (χ1n) is 10.2. The molecular formula is C22H27F3N4O. The molecule has 0 aliphatic carbocycles. The third-order valence-corrected chi connectivity index (χ3v) is 5.25. The summed E-state index contributed by atoms with van der Waals surface area (Å²) in [6.07, 6.45) is -1.67. The van der Waals surface area contributed by atoms with Crippen LogP contribution in [0.4, 0.5) is 19.0 Å². The lowest BCUT2D eigenvalue weighted by atomic mass is 10.0. The predicted molar refractivity (Wildman–Crippen MR) is 110 cm³/mol. The number of aromatic nitrogens is 1. The topological polar surface area (TPSA) is 48.5 Å². The second kappa shape index (κ2) is 9.93. The van der Waals surface area contributed by atoms with E-state index in [0.717, 1.165) is 30.7 Å². The first kappa shape index (κ1) is 22.1. The van der Waals surface area contributed by atoms with Crippen molar-refractivity contribution in [3.8, 4) is 0 Å². The Morgan fingerprint density at radius 1 is 1.10 bits per heavy atom. The summed E-state index contributed by atoms with van der Waals surface area (Å²) in [5.41, 5.74) is 0.354. The van der Waals surface area contributed by atoms with Crippen molar-refractivity contribution in [1.82, 2.24) is 15.2 Å². The molecule has 2 heterocycles. The van der Waals surface area contributed by atoms with Gasteiger partial charge in [0.05, 0.1) is 18.2 Å². The fraction of sp³-hybridized carbons (Fsp3) is 0.455. The van der Waals surface area contributed by atoms with Crippen LogP contribution in [0.1, 0.15) is 36.9 Å². The molecule has 8 heteroatoms. The first-order chi connectivity index (χ1) is 14.4. The van der Waals surface area contributed by atoms with Crippen LogP contribution in [0.2, 0.25) is 0 Å². The Labute approximate surface area is 174 Å². The van der Waals surface area contributed by atoms with Crippen molar-refractivity contribution in [2.45, 2.75) is 32.0 Å². The third-order valence-electron chi connectivity index (χ3n) is 5.25. The summed E-state index contributed by atoms with van der Waals surface area (Å²) >= 11 is 0. The van der Waals surface area contributed by atoms with Crippen molar-refractivity contribution in [2.24, 2.45) is 0 Å². The Balaban J connectivity index is 1.49. The van der Waals surface area contributed by atoms with Crippen molar-refractivity contribution < 1.29 is 18.0 Å². The van der Waals surface area contributed by atoms with E-state index >= 15 is 0 Å². The molecule has 162 valence electrons. The summed E-state index contributed by atoms with van der Waals surface area (Å²) < 4.78 is 38.1. The van der Waals surface area contributed by atoms with Crippen LogP contribution in [-0.4, -0.2) is 48.5 Å². The second-order valence-corrected chi connectivity index (χ2v) is 7.49. The number of benzene rings is 1. The first-order valence-corrected chi connectivity index (χ1v) is 10.2. The second-order valence-electron chi connectivity index (χ2n) is 7.49. The average Bonchev–Trinajstić information content (AvgIpc) is 2.74. The van der Waals surface area contributed by atoms with Gasteiger partial charge in [-0.2, -0.15) is 13.2 Å². The zero-order chi connectivity index (χ0) is 21.6. The molecule has 0 unspecified atom stereocenters. The molecule has 2 aromatic rings. The highest BCUT2D eigenvalue weighted by molar-refractivity contribution is 5.78. The number of piperazine rings is 1. The van der Waals surface area contributed by atoms with E-state index in [1.54, 1.807) is 0 Å². The van der Waals surface area contributed by atoms with Crippen LogP contribution in [-0.2, 0) is 11.0 Å². The Morgan fingerprint density at radius 2 is 1.80 bits per heavy atom. The van der Waals surface area contributed by atoms with Gasteiger partial charge in [0.25, 0.3) is 0 Å². The summed E-state index contributed by atoms with van der Waals surface area (Å²) in [6.45, 7) is 4.93. The zero-order valence-corrected chi connectivity index (χ0v) is 17.0. The minimum atomic E-state index is -4.38. The molecule has 0 radical (unpaired) electrons. The molecule has 3 rings (SSSR count). The molecule has 0 bridgehead atoms. The number of nitrogens with one attached hydrogen (secondary N) is 1. The molecular weight excluding hydrogens is 393 g/mol. The van der Waals surface area contributed by atoms with E-state index in [0.29, 0.717) is 38.5 Å². The SMILES string of the molecule is CCC[C@H](NC(=O)CN1CCN(c2ccc(C(F)(F)F)cn2)CC1)c1ccccc1. The highest BCUT2D eigenvalue weighted by Crippen LogP contribution is 2.29. The molecule has 0 spiro atoms. The zero-order valence-electron chi connectivity index (χ0n) is 17.0. The number of pyridine rings is 1. The van der Waals surface area contributed by atoms with Crippen molar-refractivity contribution in [3.63, 3.8) is 0 Å². The Hall–Kier alpha value is -2.61. The summed E-state index contributed by atoms with van der Waals surface area (Å²) in [7, 11) is 0. The van der Waals surface area contributed by atoms with Crippen LogP contribution < -0.4 is 10.2 Å². The average molecular weight is 420 g/mol. The molecule has 1 amide bonds. The van der Waals surface area contributed by atoms with Gasteiger partial charge in [0.2, 0.25) is 5.91 Å². The van der Waals surface area contributed by atoms with Gasteiger partial charge >= 0.3 is 6.18 Å². The lowest BCUT2D eigenvalue weighted by Gasteiger charge is -2.35. The molecule has 1 aromatic carbocycles. The third kappa shape index (κ3) is 5.95. The molecule has 1 N–H and O–H groups in total. The van der Waals surface area contributed by atoms with Crippen molar-refractivity contribution in [3.05, 3.63) is 59.8 Å². The number of halogens is 3. The number of carbonyl (C=O) groups is 1. The number of anilines is 1. The summed E-state index contributed by atoms with van der Waals surface area (Å²) in [6, 6.07) is 12.4. The largest absolute Gasteiger partial charge is 0.417 e. The smallest absolute Gasteiger partial charge is 0.354 e. The standard InChI is InChI=1S/C22H27F3N4O/c1-2-6-19(17-7-4-3-5-8-17)27-21(30)16-28-11-13-29(14-12-28)20-10-9-18(15-26-20)22(23,24)25/h3-5,7-10,15,19H,2,6,11-14,16H2,1H3,(H,27,30)/t19-/m0/s1. The highest BCUT2D eigenvalue weighted by Gasteiger charge is 2.31. The highest BCUT2D eigenvalue weighted by atomic mass is 19.4. The number of hydrogen-bond acceptors (Lipinski definition) is 4. The van der Waals surface area contributed by atoms with E-state index in [9.17, 15) is 18.0 Å². The van der Waals surface area contributed by atoms with Crippen LogP contribution >= 0.6 is 0 Å². The maximum atomic E-state index is 12.7. The van der Waals surface area contributed by atoms with Gasteiger partial charge in [-0.25, -0.2) is 4.98 Å². The Bertz CT molecular complexity index is 803. The van der Waals surface area contributed by atoms with Crippen molar-refractivity contribution in [1.29, 1.82) is 0 Å². The Morgan fingerprint density at radius 3 is 2.37 bits per heavy atom. The summed E-state index contributed by atoms with van der Waals surface area (Å²) in [5, 5.41) is 3.13. The quantitative estimate of drug-likeness (QED) is 0.739. The number of amides is 1. The van der Waals surface area contributed by atoms with E-state index in [1.807, 2.05) is 35.2 Å². The number of carbonyl (C=O) groups excluding carboxylic acids is 1. The molecule has 1 aromatic heterocycles. The molecule has 1 aliphatic heterocycles. The molecule has 0 saturated carbocycles. The van der Waals surface area contributed by atoms with Gasteiger partial charge in [-0.1, -0.05) is 43.7 Å². The molecule has 30 heavy (non-hydrogen) atoms. The molecule has 1 fully saturated rings. The maximum absolute atomic E-state index is 12.7. The van der Waals surface area contributed by atoms with E-state index in [1.165, 1.54) is 6.07 Å². The molecule has 1 aliphatic rings. The molecule has 5 nitrogen and oxygen atoms in total. The predicted octanol–water partition coefficient (Wildman–Crippen LogP) is 3.88. The number of nitrogens with zero attached hydrogens (tertiary/aromatic N) is 3. The number of alkyl halides is 3. The fourth-order valence-electron chi connectivity index (χ4n) is 3.62. The van der Waals surface area contributed by atoms with E-state index in [2.05, 4.69) is 22.1 Å². The van der Waals surface area contributed by atoms with Crippen LogP contribution in [0.15, 0.2) is 48.7 Å². The minimum Gasteiger partial charge on any atom is -0.354 e. The monoisotopic (exact) mass is 420 g/mol. The molecule has 1 atom stereocenters. The normalized spacial score (nSPS) is 16.3. The van der Waals surface area contributed by atoms with Crippen LogP contribution in [0.5, 0.6) is 0 Å². The van der Waals surface area contributed by atoms with Crippen molar-refractivity contribution in [2.75, 3.05) is 37.6 Å². The van der Waals surface area contributed by atoms with Gasteiger partial charge in [0.15, 0.2) is 0 Å². The van der Waals surface area contributed by atoms with Crippen LogP contribution in [0, 0.1) is 0 Å². The molecule has 1 saturated heterocycles. The van der Waals surface area contributed by atoms with Gasteiger partial charge < -0.3 is 10.2 Å². The lowest BCUT2D eigenvalue weighted by molar-refractivity contribution is -0.137. The van der Waals surface area contributed by atoms with E-state index in [-0.39, 0.29) is 11.9 Å². The number of rotatable bonds is 7. The fourth-order valence-corrected chi connectivity index (χ4v) is 3.62. The van der Waals surface area contributed by atoms with Gasteiger partial charge in [0.1, 0.15) is 5.82 Å². The minimum absolute atomic E-state index is 0.00124. The van der Waals surface area contributed by atoms with Crippen LogP contribution in [0.25, 0.3) is 0 Å². The Kier molecular flexibility index (Phi) is 7.31. The lowest BCUT2D eigenvalue weighted by Crippen LogP contribution is -2.50. The summed E-state index contributed by atoms with van der Waals surface area (Å²) in [4.78, 5) is 20.5. The van der Waals surface area contributed by atoms with Gasteiger partial charge in [-0.05, 0) is 24.1 Å². The van der Waals surface area contributed by atoms with Gasteiger partial charge in [-0.3, -0.25) is 9.69 Å². The number of hydrogen-bond donors (Lipinski definition) is 1. The maximum Gasteiger partial charge on any atom is 0.417 e. The van der Waals surface area contributed by atoms with Gasteiger partial charge in [-0.15, -0.1) is 0 Å². The van der Waals surface area contributed by atoms with E-state index in [4.69, 9.17) is 0 Å². The van der Waals surface area contributed by atoms with Crippen molar-refractivity contribution >= 4 is 11.7 Å². The summed E-state index contributed by atoms with van der Waals surface area (Å²) in [5.74, 6) is 0.512. The van der Waals surface area contributed by atoms with Crippen LogP contribution in [0.3, 0.4) is 0 Å². The van der Waals surface area contributed by atoms with E-state index < -0.39 is 11.7 Å².